The van der Waals surface area contributed by atoms with Crippen molar-refractivity contribution in [1.82, 2.24) is 10.2 Å². The van der Waals surface area contributed by atoms with Gasteiger partial charge in [0, 0.05) is 26.2 Å². The van der Waals surface area contributed by atoms with Crippen LogP contribution < -0.4 is 5.32 Å². The summed E-state index contributed by atoms with van der Waals surface area (Å²) in [7, 11) is 0. The first kappa shape index (κ1) is 9.93. The monoisotopic (exact) mass is 198 g/mol. The number of carbonyl (C=O) groups is 1. The highest BCUT2D eigenvalue weighted by atomic mass is 16.5. The van der Waals surface area contributed by atoms with Gasteiger partial charge in [0.25, 0.3) is 0 Å². The van der Waals surface area contributed by atoms with Gasteiger partial charge in [-0.3, -0.25) is 4.79 Å². The van der Waals surface area contributed by atoms with E-state index in [1.807, 2.05) is 18.7 Å². The van der Waals surface area contributed by atoms with Crippen LogP contribution in [0.2, 0.25) is 0 Å². The molecular weight excluding hydrogens is 180 g/mol. The molecule has 2 rings (SSSR count). The van der Waals surface area contributed by atoms with Gasteiger partial charge in [-0.25, -0.2) is 0 Å². The summed E-state index contributed by atoms with van der Waals surface area (Å²) < 4.78 is 5.59. The number of nitrogens with zero attached hydrogens (tertiary/aromatic N) is 1. The predicted octanol–water partition coefficient (Wildman–Crippen LogP) is -0.158. The zero-order valence-corrected chi connectivity index (χ0v) is 8.82. The first-order valence-electron chi connectivity index (χ1n) is 5.32. The molecule has 2 saturated heterocycles. The van der Waals surface area contributed by atoms with Gasteiger partial charge in [0.15, 0.2) is 0 Å². The van der Waals surface area contributed by atoms with E-state index >= 15 is 0 Å². The van der Waals surface area contributed by atoms with E-state index in [9.17, 15) is 4.79 Å². The van der Waals surface area contributed by atoms with Gasteiger partial charge in [-0.05, 0) is 13.8 Å². The average molecular weight is 198 g/mol. The summed E-state index contributed by atoms with van der Waals surface area (Å²) in [6.07, 6.45) is 0.353. The average Bonchev–Trinajstić information content (AvgIpc) is 1.98. The van der Waals surface area contributed by atoms with E-state index in [0.717, 1.165) is 26.2 Å². The molecule has 0 aromatic rings. The summed E-state index contributed by atoms with van der Waals surface area (Å²) in [6, 6.07) is 0. The summed E-state index contributed by atoms with van der Waals surface area (Å²) in [5.41, 5.74) is 0. The third kappa shape index (κ3) is 1.91. The SMILES string of the molecule is CC1CN(C(=O)C2CNC2)CC(C)O1. The number of amides is 1. The minimum Gasteiger partial charge on any atom is -0.372 e. The lowest BCUT2D eigenvalue weighted by Gasteiger charge is -2.39. The number of ether oxygens (including phenoxy) is 1. The van der Waals surface area contributed by atoms with E-state index in [2.05, 4.69) is 5.32 Å². The molecule has 2 unspecified atom stereocenters. The molecule has 80 valence electrons. The van der Waals surface area contributed by atoms with Crippen LogP contribution in [0.5, 0.6) is 0 Å². The van der Waals surface area contributed by atoms with Crippen molar-refractivity contribution < 1.29 is 9.53 Å². The standard InChI is InChI=1S/C10H18N2O2/c1-7-5-12(6-8(2)14-7)10(13)9-3-11-4-9/h7-9,11H,3-6H2,1-2H3. The Morgan fingerprint density at radius 2 is 1.86 bits per heavy atom. The Labute approximate surface area is 84.6 Å². The fourth-order valence-electron chi connectivity index (χ4n) is 2.08. The zero-order chi connectivity index (χ0) is 10.1. The topological polar surface area (TPSA) is 41.6 Å². The molecule has 2 heterocycles. The maximum absolute atomic E-state index is 11.9. The van der Waals surface area contributed by atoms with Crippen molar-refractivity contribution in [2.45, 2.75) is 26.1 Å². The van der Waals surface area contributed by atoms with Crippen LogP contribution in [0.3, 0.4) is 0 Å². The second-order valence-electron chi connectivity index (χ2n) is 4.36. The van der Waals surface area contributed by atoms with Gasteiger partial charge in [-0.2, -0.15) is 0 Å². The lowest BCUT2D eigenvalue weighted by molar-refractivity contribution is -0.148. The highest BCUT2D eigenvalue weighted by Crippen LogP contribution is 2.15. The Morgan fingerprint density at radius 1 is 1.29 bits per heavy atom. The molecule has 0 aliphatic carbocycles. The summed E-state index contributed by atoms with van der Waals surface area (Å²) in [6.45, 7) is 7.24. The van der Waals surface area contributed by atoms with Gasteiger partial charge in [0.05, 0.1) is 18.1 Å². The quantitative estimate of drug-likeness (QED) is 0.636. The summed E-state index contributed by atoms with van der Waals surface area (Å²) in [5.74, 6) is 0.512. The van der Waals surface area contributed by atoms with E-state index in [0.29, 0.717) is 5.91 Å². The molecule has 1 N–H and O–H groups in total. The van der Waals surface area contributed by atoms with Crippen LogP contribution in [0.4, 0.5) is 0 Å². The summed E-state index contributed by atoms with van der Waals surface area (Å²) >= 11 is 0. The third-order valence-corrected chi connectivity index (χ3v) is 2.86. The number of hydrogen-bond acceptors (Lipinski definition) is 3. The van der Waals surface area contributed by atoms with Crippen molar-refractivity contribution in [2.75, 3.05) is 26.2 Å². The van der Waals surface area contributed by atoms with Crippen molar-refractivity contribution in [3.8, 4) is 0 Å². The van der Waals surface area contributed by atoms with Crippen LogP contribution in [0.25, 0.3) is 0 Å². The van der Waals surface area contributed by atoms with Crippen molar-refractivity contribution in [2.24, 2.45) is 5.92 Å². The van der Waals surface area contributed by atoms with E-state index in [1.54, 1.807) is 0 Å². The minimum absolute atomic E-state index is 0.177. The molecule has 4 nitrogen and oxygen atoms in total. The molecule has 14 heavy (non-hydrogen) atoms. The predicted molar refractivity (Wildman–Crippen MR) is 52.9 cm³/mol. The van der Waals surface area contributed by atoms with Crippen molar-refractivity contribution >= 4 is 5.91 Å². The van der Waals surface area contributed by atoms with E-state index in [4.69, 9.17) is 4.74 Å². The molecule has 0 aromatic carbocycles. The Kier molecular flexibility index (Phi) is 2.74. The highest BCUT2D eigenvalue weighted by molar-refractivity contribution is 5.80. The number of morpholine rings is 1. The Balaban J connectivity index is 1.92. The molecule has 0 spiro atoms. The van der Waals surface area contributed by atoms with Crippen LogP contribution in [0, 0.1) is 5.92 Å². The summed E-state index contributed by atoms with van der Waals surface area (Å²) in [4.78, 5) is 13.9. The van der Waals surface area contributed by atoms with Crippen LogP contribution in [-0.2, 0) is 9.53 Å². The van der Waals surface area contributed by atoms with Crippen molar-refractivity contribution in [3.63, 3.8) is 0 Å². The summed E-state index contributed by atoms with van der Waals surface area (Å²) in [5, 5.41) is 3.12. The largest absolute Gasteiger partial charge is 0.372 e. The fourth-order valence-corrected chi connectivity index (χ4v) is 2.08. The van der Waals surface area contributed by atoms with Crippen molar-refractivity contribution in [3.05, 3.63) is 0 Å². The molecule has 0 saturated carbocycles. The number of hydrogen-bond donors (Lipinski definition) is 1. The lowest BCUT2D eigenvalue weighted by Crippen LogP contribution is -2.56. The maximum Gasteiger partial charge on any atom is 0.228 e. The van der Waals surface area contributed by atoms with Crippen LogP contribution in [-0.4, -0.2) is 49.2 Å². The molecule has 2 fully saturated rings. The molecule has 0 radical (unpaired) electrons. The smallest absolute Gasteiger partial charge is 0.228 e. The zero-order valence-electron chi connectivity index (χ0n) is 8.82. The van der Waals surface area contributed by atoms with E-state index in [1.165, 1.54) is 0 Å². The molecule has 2 aliphatic rings. The molecule has 1 amide bonds. The number of nitrogens with one attached hydrogen (secondary N) is 1. The molecule has 2 aliphatic heterocycles. The molecular formula is C10H18N2O2. The third-order valence-electron chi connectivity index (χ3n) is 2.86. The molecule has 2 atom stereocenters. The number of carbonyl (C=O) groups excluding carboxylic acids is 1. The molecule has 0 bridgehead atoms. The highest BCUT2D eigenvalue weighted by Gasteiger charge is 2.33. The van der Waals surface area contributed by atoms with Crippen LogP contribution in [0.15, 0.2) is 0 Å². The molecule has 0 aromatic heterocycles. The second kappa shape index (κ2) is 3.87. The minimum atomic E-state index is 0.177. The first-order valence-corrected chi connectivity index (χ1v) is 5.32. The maximum atomic E-state index is 11.9. The fraction of sp³-hybridized carbons (Fsp3) is 0.900. The van der Waals surface area contributed by atoms with Gasteiger partial charge in [0.1, 0.15) is 0 Å². The van der Waals surface area contributed by atoms with E-state index < -0.39 is 0 Å². The van der Waals surface area contributed by atoms with Crippen molar-refractivity contribution in [1.29, 1.82) is 0 Å². The second-order valence-corrected chi connectivity index (χ2v) is 4.36. The van der Waals surface area contributed by atoms with Gasteiger partial charge < -0.3 is 15.0 Å². The van der Waals surface area contributed by atoms with Gasteiger partial charge >= 0.3 is 0 Å². The normalized spacial score (nSPS) is 34.0. The lowest BCUT2D eigenvalue weighted by atomic mass is 10.0. The van der Waals surface area contributed by atoms with Gasteiger partial charge in [-0.15, -0.1) is 0 Å². The number of rotatable bonds is 1. The van der Waals surface area contributed by atoms with Gasteiger partial charge in [-0.1, -0.05) is 0 Å². The molecule has 4 heteroatoms. The van der Waals surface area contributed by atoms with Crippen LogP contribution >= 0.6 is 0 Å². The Morgan fingerprint density at radius 3 is 2.29 bits per heavy atom. The van der Waals surface area contributed by atoms with E-state index in [-0.39, 0.29) is 18.1 Å². The first-order chi connectivity index (χ1) is 6.66. The van der Waals surface area contributed by atoms with Gasteiger partial charge in [0.2, 0.25) is 5.91 Å². The Hall–Kier alpha value is -0.610. The Bertz CT molecular complexity index is 218. The van der Waals surface area contributed by atoms with Crippen LogP contribution in [0.1, 0.15) is 13.8 Å².